The van der Waals surface area contributed by atoms with Gasteiger partial charge < -0.3 is 10.4 Å². The first kappa shape index (κ1) is 17.5. The molecule has 0 aliphatic heterocycles. The molecule has 2 N–H and O–H groups in total. The fraction of sp³-hybridized carbons (Fsp3) is 0.200. The molecule has 2 heterocycles. The molecule has 0 aliphatic carbocycles. The second kappa shape index (κ2) is 7.74. The van der Waals surface area contributed by atoms with Crippen molar-refractivity contribution in [3.63, 3.8) is 0 Å². The summed E-state index contributed by atoms with van der Waals surface area (Å²) in [6, 6.07) is 11.8. The fourth-order valence-electron chi connectivity index (χ4n) is 2.69. The van der Waals surface area contributed by atoms with E-state index in [1.807, 2.05) is 44.2 Å². The molecule has 3 aromatic rings. The molecule has 132 valence electrons. The lowest BCUT2D eigenvalue weighted by molar-refractivity contribution is -0.136. The van der Waals surface area contributed by atoms with Crippen LogP contribution in [-0.2, 0) is 11.2 Å². The van der Waals surface area contributed by atoms with Crippen molar-refractivity contribution in [1.29, 1.82) is 0 Å². The molecule has 0 fully saturated rings. The van der Waals surface area contributed by atoms with Crippen molar-refractivity contribution in [2.45, 2.75) is 26.7 Å². The van der Waals surface area contributed by atoms with Crippen molar-refractivity contribution < 1.29 is 9.90 Å². The summed E-state index contributed by atoms with van der Waals surface area (Å²) in [4.78, 5) is 23.6. The molecule has 0 saturated heterocycles. The summed E-state index contributed by atoms with van der Waals surface area (Å²) < 4.78 is 0. The molecule has 0 saturated carbocycles. The van der Waals surface area contributed by atoms with E-state index in [4.69, 9.17) is 5.11 Å². The number of hydrogen-bond donors (Lipinski definition) is 2. The van der Waals surface area contributed by atoms with Crippen molar-refractivity contribution in [3.8, 4) is 11.1 Å². The lowest BCUT2D eigenvalue weighted by atomic mass is 10.0. The average Bonchev–Trinajstić information content (AvgIpc) is 2.60. The maximum atomic E-state index is 10.8. The first-order valence-corrected chi connectivity index (χ1v) is 8.35. The predicted molar refractivity (Wildman–Crippen MR) is 100 cm³/mol. The van der Waals surface area contributed by atoms with Crippen LogP contribution >= 0.6 is 0 Å². The average molecular weight is 348 g/mol. The van der Waals surface area contributed by atoms with Crippen LogP contribution in [0.4, 0.5) is 11.6 Å². The molecule has 0 spiro atoms. The molecule has 0 unspecified atom stereocenters. The van der Waals surface area contributed by atoms with E-state index >= 15 is 0 Å². The van der Waals surface area contributed by atoms with E-state index in [1.54, 1.807) is 12.4 Å². The van der Waals surface area contributed by atoms with Crippen LogP contribution in [0, 0.1) is 13.8 Å². The van der Waals surface area contributed by atoms with Crippen LogP contribution in [0.15, 0.2) is 48.8 Å². The Hall–Kier alpha value is -3.28. The molecular weight excluding hydrogens is 328 g/mol. The zero-order chi connectivity index (χ0) is 18.5. The molecular formula is C20H20N4O2. The van der Waals surface area contributed by atoms with Gasteiger partial charge in [0, 0.05) is 35.9 Å². The van der Waals surface area contributed by atoms with Gasteiger partial charge in [0.15, 0.2) is 0 Å². The number of nitrogens with zero attached hydrogens (tertiary/aromatic N) is 3. The molecule has 6 heteroatoms. The van der Waals surface area contributed by atoms with Crippen LogP contribution in [0.25, 0.3) is 11.1 Å². The second-order valence-electron chi connectivity index (χ2n) is 6.16. The zero-order valence-corrected chi connectivity index (χ0v) is 14.7. The van der Waals surface area contributed by atoms with Gasteiger partial charge in [0.1, 0.15) is 0 Å². The number of anilines is 2. The van der Waals surface area contributed by atoms with Crippen molar-refractivity contribution in [1.82, 2.24) is 15.0 Å². The number of aryl methyl sites for hydroxylation is 3. The van der Waals surface area contributed by atoms with Gasteiger partial charge >= 0.3 is 5.97 Å². The van der Waals surface area contributed by atoms with E-state index in [-0.39, 0.29) is 6.42 Å². The molecule has 26 heavy (non-hydrogen) atoms. The Morgan fingerprint density at radius 1 is 1.04 bits per heavy atom. The first-order valence-electron chi connectivity index (χ1n) is 8.35. The summed E-state index contributed by atoms with van der Waals surface area (Å²) >= 11 is 0. The fourth-order valence-corrected chi connectivity index (χ4v) is 2.69. The molecule has 1 aromatic carbocycles. The molecule has 0 atom stereocenters. The Morgan fingerprint density at radius 3 is 2.62 bits per heavy atom. The van der Waals surface area contributed by atoms with Crippen molar-refractivity contribution in [2.75, 3.05) is 5.32 Å². The number of nitrogens with one attached hydrogen (secondary N) is 1. The minimum absolute atomic E-state index is 0.0712. The van der Waals surface area contributed by atoms with Gasteiger partial charge in [-0.2, -0.15) is 0 Å². The Balaban J connectivity index is 1.87. The second-order valence-corrected chi connectivity index (χ2v) is 6.16. The van der Waals surface area contributed by atoms with Crippen LogP contribution < -0.4 is 5.32 Å². The summed E-state index contributed by atoms with van der Waals surface area (Å²) in [7, 11) is 0. The summed E-state index contributed by atoms with van der Waals surface area (Å²) in [5.74, 6) is -0.268. The third-order valence-electron chi connectivity index (χ3n) is 3.87. The number of aromatic nitrogens is 3. The normalized spacial score (nSPS) is 10.5. The van der Waals surface area contributed by atoms with Crippen LogP contribution in [0.3, 0.4) is 0 Å². The van der Waals surface area contributed by atoms with Gasteiger partial charge in [-0.1, -0.05) is 6.07 Å². The van der Waals surface area contributed by atoms with Crippen molar-refractivity contribution >= 4 is 17.6 Å². The van der Waals surface area contributed by atoms with Gasteiger partial charge in [0.05, 0.1) is 6.42 Å². The Labute approximate surface area is 152 Å². The SMILES string of the molecule is Cc1cc(Nc2nccc(C)n2)cc(-c2ccnc(CCC(=O)O)c2)c1. The smallest absolute Gasteiger partial charge is 0.303 e. The number of benzene rings is 1. The standard InChI is InChI=1S/C20H20N4O2/c1-13-9-16(15-6-8-21-17(11-15)3-4-19(25)26)12-18(10-13)24-20-22-7-5-14(2)23-20/h5-12H,3-4H2,1-2H3,(H,25,26)(H,22,23,24). The van der Waals surface area contributed by atoms with Crippen molar-refractivity contribution in [3.05, 3.63) is 65.7 Å². The van der Waals surface area contributed by atoms with Crippen LogP contribution in [0.2, 0.25) is 0 Å². The highest BCUT2D eigenvalue weighted by molar-refractivity contribution is 5.71. The van der Waals surface area contributed by atoms with E-state index in [1.165, 1.54) is 0 Å². The van der Waals surface area contributed by atoms with Crippen molar-refractivity contribution in [2.24, 2.45) is 0 Å². The molecule has 6 nitrogen and oxygen atoms in total. The third-order valence-corrected chi connectivity index (χ3v) is 3.87. The molecule has 0 radical (unpaired) electrons. The van der Waals surface area contributed by atoms with E-state index in [2.05, 4.69) is 26.3 Å². The van der Waals surface area contributed by atoms with Crippen LogP contribution in [-0.4, -0.2) is 26.0 Å². The number of pyridine rings is 1. The van der Waals surface area contributed by atoms with Gasteiger partial charge in [0.2, 0.25) is 5.95 Å². The lowest BCUT2D eigenvalue weighted by Crippen LogP contribution is -2.00. The Kier molecular flexibility index (Phi) is 5.22. The summed E-state index contributed by atoms with van der Waals surface area (Å²) in [5, 5.41) is 12.1. The summed E-state index contributed by atoms with van der Waals surface area (Å²) in [6.45, 7) is 3.95. The molecule has 0 aliphatic rings. The number of aliphatic carboxylic acids is 1. The molecule has 3 rings (SSSR count). The number of hydrogen-bond acceptors (Lipinski definition) is 5. The van der Waals surface area contributed by atoms with Gasteiger partial charge in [0.25, 0.3) is 0 Å². The quantitative estimate of drug-likeness (QED) is 0.702. The highest BCUT2D eigenvalue weighted by Gasteiger charge is 2.06. The maximum Gasteiger partial charge on any atom is 0.303 e. The predicted octanol–water partition coefficient (Wildman–Crippen LogP) is 3.92. The first-order chi connectivity index (χ1) is 12.5. The largest absolute Gasteiger partial charge is 0.481 e. The van der Waals surface area contributed by atoms with Gasteiger partial charge in [-0.25, -0.2) is 9.97 Å². The minimum atomic E-state index is -0.822. The maximum absolute atomic E-state index is 10.8. The Bertz CT molecular complexity index is 941. The zero-order valence-electron chi connectivity index (χ0n) is 14.7. The molecule has 0 bridgehead atoms. The highest BCUT2D eigenvalue weighted by atomic mass is 16.4. The molecule has 0 amide bonds. The van der Waals surface area contributed by atoms with Crippen LogP contribution in [0.1, 0.15) is 23.4 Å². The van der Waals surface area contributed by atoms with E-state index in [0.717, 1.165) is 33.8 Å². The van der Waals surface area contributed by atoms with E-state index < -0.39 is 5.97 Å². The lowest BCUT2D eigenvalue weighted by Gasteiger charge is -2.10. The summed E-state index contributed by atoms with van der Waals surface area (Å²) in [5.41, 5.74) is 5.68. The number of carboxylic acids is 1. The van der Waals surface area contributed by atoms with Gasteiger partial charge in [-0.3, -0.25) is 9.78 Å². The summed E-state index contributed by atoms with van der Waals surface area (Å²) in [6.07, 6.45) is 3.92. The molecule has 2 aromatic heterocycles. The van der Waals surface area contributed by atoms with E-state index in [9.17, 15) is 4.79 Å². The highest BCUT2D eigenvalue weighted by Crippen LogP contribution is 2.26. The number of rotatable bonds is 6. The van der Waals surface area contributed by atoms with E-state index in [0.29, 0.717) is 12.4 Å². The van der Waals surface area contributed by atoms with Crippen LogP contribution in [0.5, 0.6) is 0 Å². The van der Waals surface area contributed by atoms with Gasteiger partial charge in [-0.15, -0.1) is 0 Å². The monoisotopic (exact) mass is 348 g/mol. The van der Waals surface area contributed by atoms with Gasteiger partial charge in [-0.05, 0) is 60.9 Å². The topological polar surface area (TPSA) is 88.0 Å². The number of carboxylic acid groups (broad SMARTS) is 1. The minimum Gasteiger partial charge on any atom is -0.481 e. The Morgan fingerprint density at radius 2 is 1.85 bits per heavy atom. The number of carbonyl (C=O) groups is 1. The third kappa shape index (κ3) is 4.63.